The lowest BCUT2D eigenvalue weighted by Crippen LogP contribution is -2.43. The molecule has 4 nitrogen and oxygen atoms in total. The molecule has 2 atom stereocenters. The molecule has 2 N–H and O–H groups in total. The van der Waals surface area contributed by atoms with E-state index in [1.54, 1.807) is 20.1 Å². The SMILES string of the molecule is CO[C@H]1CNCC1NC(=O)c1ccc(C)cc1F. The zero-order chi connectivity index (χ0) is 13.1. The molecule has 18 heavy (non-hydrogen) atoms. The van der Waals surface area contributed by atoms with Gasteiger partial charge in [0.1, 0.15) is 5.82 Å². The Morgan fingerprint density at radius 3 is 2.94 bits per heavy atom. The van der Waals surface area contributed by atoms with E-state index in [2.05, 4.69) is 10.6 Å². The van der Waals surface area contributed by atoms with Crippen molar-refractivity contribution in [2.45, 2.75) is 19.1 Å². The number of methoxy groups -OCH3 is 1. The van der Waals surface area contributed by atoms with E-state index in [1.807, 2.05) is 0 Å². The summed E-state index contributed by atoms with van der Waals surface area (Å²) in [7, 11) is 1.60. The fourth-order valence-electron chi connectivity index (χ4n) is 2.10. The second kappa shape index (κ2) is 5.46. The predicted octanol–water partition coefficient (Wildman–Crippen LogP) is 0.851. The number of carbonyl (C=O) groups is 1. The second-order valence-electron chi connectivity index (χ2n) is 4.50. The first-order chi connectivity index (χ1) is 8.61. The molecule has 98 valence electrons. The van der Waals surface area contributed by atoms with Gasteiger partial charge in [0.15, 0.2) is 0 Å². The smallest absolute Gasteiger partial charge is 0.254 e. The summed E-state index contributed by atoms with van der Waals surface area (Å²) >= 11 is 0. The standard InChI is InChI=1S/C13H17FN2O2/c1-8-3-4-9(10(14)5-8)13(17)16-11-6-15-7-12(11)18-2/h3-5,11-12,15H,6-7H2,1-2H3,(H,16,17)/t11?,12-/m0/s1. The number of amides is 1. The number of carbonyl (C=O) groups excluding carboxylic acids is 1. The molecule has 1 fully saturated rings. The molecule has 0 bridgehead atoms. The summed E-state index contributed by atoms with van der Waals surface area (Å²) in [6, 6.07) is 4.46. The van der Waals surface area contributed by atoms with Crippen LogP contribution in [0.15, 0.2) is 18.2 Å². The van der Waals surface area contributed by atoms with Crippen molar-refractivity contribution in [3.8, 4) is 0 Å². The van der Waals surface area contributed by atoms with Gasteiger partial charge in [-0.3, -0.25) is 4.79 Å². The van der Waals surface area contributed by atoms with Crippen LogP contribution in [0.2, 0.25) is 0 Å². The van der Waals surface area contributed by atoms with Gasteiger partial charge < -0.3 is 15.4 Å². The summed E-state index contributed by atoms with van der Waals surface area (Å²) in [5.74, 6) is -0.893. The highest BCUT2D eigenvalue weighted by molar-refractivity contribution is 5.94. The average molecular weight is 252 g/mol. The Hall–Kier alpha value is -1.46. The lowest BCUT2D eigenvalue weighted by molar-refractivity contribution is 0.0777. The highest BCUT2D eigenvalue weighted by Gasteiger charge is 2.28. The molecule has 0 aromatic heterocycles. The Labute approximate surface area is 106 Å². The van der Waals surface area contributed by atoms with Gasteiger partial charge in [-0.15, -0.1) is 0 Å². The molecule has 1 aromatic carbocycles. The van der Waals surface area contributed by atoms with E-state index in [9.17, 15) is 9.18 Å². The Bertz CT molecular complexity index is 451. The summed E-state index contributed by atoms with van der Waals surface area (Å²) in [5.41, 5.74) is 0.865. The van der Waals surface area contributed by atoms with Crippen LogP contribution in [0.25, 0.3) is 0 Å². The largest absolute Gasteiger partial charge is 0.378 e. The van der Waals surface area contributed by atoms with E-state index in [0.29, 0.717) is 13.1 Å². The number of hydrogen-bond donors (Lipinski definition) is 2. The molecule has 0 radical (unpaired) electrons. The highest BCUT2D eigenvalue weighted by Crippen LogP contribution is 2.11. The minimum absolute atomic E-state index is 0.0672. The van der Waals surface area contributed by atoms with Gasteiger partial charge >= 0.3 is 0 Å². The molecule has 1 aliphatic heterocycles. The van der Waals surface area contributed by atoms with Crippen LogP contribution in [0, 0.1) is 12.7 Å². The molecule has 0 saturated carbocycles. The predicted molar refractivity (Wildman–Crippen MR) is 66.1 cm³/mol. The Morgan fingerprint density at radius 1 is 1.50 bits per heavy atom. The third-order valence-electron chi connectivity index (χ3n) is 3.15. The first kappa shape index (κ1) is 13.0. The van der Waals surface area contributed by atoms with Crippen LogP contribution >= 0.6 is 0 Å². The first-order valence-electron chi connectivity index (χ1n) is 5.92. The zero-order valence-corrected chi connectivity index (χ0v) is 10.5. The summed E-state index contributed by atoms with van der Waals surface area (Å²) in [5, 5.41) is 5.91. The number of rotatable bonds is 3. The lowest BCUT2D eigenvalue weighted by Gasteiger charge is -2.18. The fraction of sp³-hybridized carbons (Fsp3) is 0.462. The van der Waals surface area contributed by atoms with Gasteiger partial charge in [0, 0.05) is 20.2 Å². The van der Waals surface area contributed by atoms with Gasteiger partial charge in [-0.05, 0) is 24.6 Å². The van der Waals surface area contributed by atoms with Crippen molar-refractivity contribution in [1.29, 1.82) is 0 Å². The van der Waals surface area contributed by atoms with Crippen molar-refractivity contribution >= 4 is 5.91 Å². The maximum Gasteiger partial charge on any atom is 0.254 e. The molecule has 1 amide bonds. The van der Waals surface area contributed by atoms with Crippen LogP contribution < -0.4 is 10.6 Å². The van der Waals surface area contributed by atoms with E-state index in [4.69, 9.17) is 4.74 Å². The van der Waals surface area contributed by atoms with Crippen molar-refractivity contribution in [1.82, 2.24) is 10.6 Å². The number of nitrogens with one attached hydrogen (secondary N) is 2. The summed E-state index contributed by atoms with van der Waals surface area (Å²) in [6.07, 6.45) is -0.0672. The van der Waals surface area contributed by atoms with Gasteiger partial charge in [-0.2, -0.15) is 0 Å². The summed E-state index contributed by atoms with van der Waals surface area (Å²) in [4.78, 5) is 12.0. The molecule has 1 aromatic rings. The molecule has 0 spiro atoms. The number of ether oxygens (including phenoxy) is 1. The van der Waals surface area contributed by atoms with Gasteiger partial charge in [0.2, 0.25) is 0 Å². The van der Waals surface area contributed by atoms with Crippen LogP contribution in [0.3, 0.4) is 0 Å². The number of hydrogen-bond acceptors (Lipinski definition) is 3. The first-order valence-corrected chi connectivity index (χ1v) is 5.92. The van der Waals surface area contributed by atoms with Crippen LogP contribution in [-0.2, 0) is 4.74 Å². The zero-order valence-electron chi connectivity index (χ0n) is 10.5. The van der Waals surface area contributed by atoms with Crippen LogP contribution in [-0.4, -0.2) is 38.3 Å². The van der Waals surface area contributed by atoms with Crippen LogP contribution in [0.4, 0.5) is 4.39 Å². The van der Waals surface area contributed by atoms with Crippen LogP contribution in [0.1, 0.15) is 15.9 Å². The molecular weight excluding hydrogens is 235 g/mol. The maximum atomic E-state index is 13.6. The van der Waals surface area contributed by atoms with E-state index < -0.39 is 11.7 Å². The van der Waals surface area contributed by atoms with Crippen molar-refractivity contribution < 1.29 is 13.9 Å². The molecule has 1 heterocycles. The minimum Gasteiger partial charge on any atom is -0.378 e. The molecule has 1 aliphatic rings. The molecule has 1 saturated heterocycles. The van der Waals surface area contributed by atoms with E-state index in [0.717, 1.165) is 5.56 Å². The normalized spacial score (nSPS) is 23.1. The Kier molecular flexibility index (Phi) is 3.93. The maximum absolute atomic E-state index is 13.6. The van der Waals surface area contributed by atoms with Crippen molar-refractivity contribution in [3.05, 3.63) is 35.1 Å². The molecule has 0 aliphatic carbocycles. The molecule has 5 heteroatoms. The number of aryl methyl sites for hydroxylation is 1. The second-order valence-corrected chi connectivity index (χ2v) is 4.50. The van der Waals surface area contributed by atoms with E-state index in [-0.39, 0.29) is 17.7 Å². The summed E-state index contributed by atoms with van der Waals surface area (Å²) in [6.45, 7) is 3.11. The topological polar surface area (TPSA) is 50.4 Å². The van der Waals surface area contributed by atoms with Gasteiger partial charge in [-0.1, -0.05) is 6.07 Å². The molecular formula is C13H17FN2O2. The van der Waals surface area contributed by atoms with E-state index >= 15 is 0 Å². The van der Waals surface area contributed by atoms with Gasteiger partial charge in [0.05, 0.1) is 17.7 Å². The fourth-order valence-corrected chi connectivity index (χ4v) is 2.10. The van der Waals surface area contributed by atoms with Crippen LogP contribution in [0.5, 0.6) is 0 Å². The molecule has 2 rings (SSSR count). The van der Waals surface area contributed by atoms with Gasteiger partial charge in [-0.25, -0.2) is 4.39 Å². The third kappa shape index (κ3) is 2.68. The van der Waals surface area contributed by atoms with Crippen molar-refractivity contribution in [2.24, 2.45) is 0 Å². The Balaban J connectivity index is 2.07. The highest BCUT2D eigenvalue weighted by atomic mass is 19.1. The third-order valence-corrected chi connectivity index (χ3v) is 3.15. The molecule has 1 unspecified atom stereocenters. The summed E-state index contributed by atoms with van der Waals surface area (Å²) < 4.78 is 18.9. The van der Waals surface area contributed by atoms with Gasteiger partial charge in [0.25, 0.3) is 5.91 Å². The minimum atomic E-state index is -0.493. The number of benzene rings is 1. The monoisotopic (exact) mass is 252 g/mol. The quantitative estimate of drug-likeness (QED) is 0.838. The lowest BCUT2D eigenvalue weighted by atomic mass is 10.1. The van der Waals surface area contributed by atoms with E-state index in [1.165, 1.54) is 12.1 Å². The average Bonchev–Trinajstić information content (AvgIpc) is 2.76. The Morgan fingerprint density at radius 2 is 2.28 bits per heavy atom. The number of halogens is 1. The van der Waals surface area contributed by atoms with Crippen molar-refractivity contribution in [3.63, 3.8) is 0 Å². The van der Waals surface area contributed by atoms with Crippen molar-refractivity contribution in [2.75, 3.05) is 20.2 Å².